The van der Waals surface area contributed by atoms with Crippen molar-refractivity contribution in [1.29, 1.82) is 0 Å². The average Bonchev–Trinajstić information content (AvgIpc) is 2.94. The summed E-state index contributed by atoms with van der Waals surface area (Å²) in [5.41, 5.74) is 2.48. The Morgan fingerprint density at radius 2 is 2.16 bits per heavy atom. The minimum absolute atomic E-state index is 0.236. The van der Waals surface area contributed by atoms with Crippen LogP contribution in [0.2, 0.25) is 5.15 Å². The predicted octanol–water partition coefficient (Wildman–Crippen LogP) is 1.81. The molecule has 4 nitrogen and oxygen atoms in total. The molecule has 1 aromatic rings. The fourth-order valence-electron chi connectivity index (χ4n) is 3.82. The van der Waals surface area contributed by atoms with E-state index in [9.17, 15) is 0 Å². The lowest BCUT2D eigenvalue weighted by molar-refractivity contribution is 0.132. The van der Waals surface area contributed by atoms with E-state index in [0.29, 0.717) is 0 Å². The van der Waals surface area contributed by atoms with E-state index in [1.54, 1.807) is 4.68 Å². The number of hydrogen-bond acceptors (Lipinski definition) is 3. The first kappa shape index (κ1) is 13.4. The third-order valence-corrected chi connectivity index (χ3v) is 5.61. The quantitative estimate of drug-likeness (QED) is 0.898. The van der Waals surface area contributed by atoms with E-state index in [4.69, 9.17) is 11.6 Å². The van der Waals surface area contributed by atoms with E-state index in [0.717, 1.165) is 48.9 Å². The average molecular weight is 283 g/mol. The number of halogens is 1. The van der Waals surface area contributed by atoms with Crippen LogP contribution in [0.4, 0.5) is 0 Å². The van der Waals surface area contributed by atoms with Gasteiger partial charge in [-0.25, -0.2) is 0 Å². The molecule has 0 amide bonds. The molecule has 0 saturated carbocycles. The zero-order valence-corrected chi connectivity index (χ0v) is 13.0. The van der Waals surface area contributed by atoms with Crippen molar-refractivity contribution in [2.75, 3.05) is 19.6 Å². The van der Waals surface area contributed by atoms with Gasteiger partial charge in [0.05, 0.1) is 5.69 Å². The van der Waals surface area contributed by atoms with E-state index < -0.39 is 0 Å². The minimum Gasteiger partial charge on any atom is -0.316 e. The van der Waals surface area contributed by atoms with Crippen LogP contribution in [0, 0.1) is 18.8 Å². The van der Waals surface area contributed by atoms with E-state index in [1.807, 2.05) is 14.0 Å². The first-order valence-corrected chi connectivity index (χ1v) is 7.42. The van der Waals surface area contributed by atoms with Gasteiger partial charge in [0.15, 0.2) is 0 Å². The smallest absolute Gasteiger partial charge is 0.131 e. The third-order valence-electron chi connectivity index (χ3n) is 5.14. The van der Waals surface area contributed by atoms with Gasteiger partial charge in [0.2, 0.25) is 0 Å². The van der Waals surface area contributed by atoms with Gasteiger partial charge < -0.3 is 5.32 Å². The highest BCUT2D eigenvalue weighted by Gasteiger charge is 2.49. The summed E-state index contributed by atoms with van der Waals surface area (Å²) in [6.07, 6.45) is 0. The second-order valence-corrected chi connectivity index (χ2v) is 6.90. The summed E-state index contributed by atoms with van der Waals surface area (Å²) in [6, 6.07) is 0. The van der Waals surface area contributed by atoms with Crippen molar-refractivity contribution in [3.63, 3.8) is 0 Å². The first-order chi connectivity index (χ1) is 8.91. The van der Waals surface area contributed by atoms with Gasteiger partial charge in [-0.15, -0.1) is 0 Å². The Balaban J connectivity index is 1.84. The molecule has 2 saturated heterocycles. The Morgan fingerprint density at radius 3 is 2.74 bits per heavy atom. The lowest BCUT2D eigenvalue weighted by Gasteiger charge is -2.35. The number of fused-ring (bicyclic) bond motifs is 1. The highest BCUT2D eigenvalue weighted by molar-refractivity contribution is 6.30. The molecular weight excluding hydrogens is 260 g/mol. The molecule has 2 aliphatic heterocycles. The molecule has 0 radical (unpaired) electrons. The van der Waals surface area contributed by atoms with Crippen LogP contribution in [0.5, 0.6) is 0 Å². The van der Waals surface area contributed by atoms with Crippen molar-refractivity contribution in [2.45, 2.75) is 32.9 Å². The van der Waals surface area contributed by atoms with Crippen molar-refractivity contribution in [3.8, 4) is 0 Å². The highest BCUT2D eigenvalue weighted by atomic mass is 35.5. The van der Waals surface area contributed by atoms with Gasteiger partial charge >= 0.3 is 0 Å². The monoisotopic (exact) mass is 282 g/mol. The molecule has 2 unspecified atom stereocenters. The highest BCUT2D eigenvalue weighted by Crippen LogP contribution is 2.41. The molecule has 0 bridgehead atoms. The minimum atomic E-state index is 0.236. The van der Waals surface area contributed by atoms with Gasteiger partial charge in [0, 0.05) is 37.8 Å². The molecule has 2 fully saturated rings. The summed E-state index contributed by atoms with van der Waals surface area (Å²) >= 11 is 6.37. The molecule has 1 aromatic heterocycles. The van der Waals surface area contributed by atoms with E-state index >= 15 is 0 Å². The van der Waals surface area contributed by atoms with Gasteiger partial charge in [0.1, 0.15) is 5.15 Å². The van der Waals surface area contributed by atoms with Gasteiger partial charge in [-0.1, -0.05) is 11.6 Å². The molecule has 2 aliphatic rings. The molecule has 1 N–H and O–H groups in total. The lowest BCUT2D eigenvalue weighted by Crippen LogP contribution is -2.44. The molecule has 3 rings (SSSR count). The topological polar surface area (TPSA) is 33.1 Å². The van der Waals surface area contributed by atoms with Crippen LogP contribution in [0.1, 0.15) is 25.1 Å². The number of rotatable bonds is 2. The molecular formula is C14H23ClN4. The fraction of sp³-hybridized carbons (Fsp3) is 0.786. The lowest BCUT2D eigenvalue weighted by atomic mass is 9.85. The maximum Gasteiger partial charge on any atom is 0.131 e. The van der Waals surface area contributed by atoms with Crippen molar-refractivity contribution >= 4 is 11.6 Å². The van der Waals surface area contributed by atoms with E-state index in [2.05, 4.69) is 29.2 Å². The Morgan fingerprint density at radius 1 is 1.42 bits per heavy atom. The maximum atomic E-state index is 6.37. The van der Waals surface area contributed by atoms with Crippen LogP contribution in [0.3, 0.4) is 0 Å². The maximum absolute atomic E-state index is 6.37. The van der Waals surface area contributed by atoms with Gasteiger partial charge in [-0.3, -0.25) is 9.58 Å². The Kier molecular flexibility index (Phi) is 3.15. The summed E-state index contributed by atoms with van der Waals surface area (Å²) in [5, 5.41) is 8.72. The standard InChI is InChI=1S/C14H23ClN4/c1-9-11(13(15)18(4)17-9)8-19-7-10-5-16-6-12(10)14(19,2)3/h10,12,16H,5-8H2,1-4H3. The van der Waals surface area contributed by atoms with Crippen LogP contribution in [0.25, 0.3) is 0 Å². The van der Waals surface area contributed by atoms with Crippen LogP contribution in [-0.4, -0.2) is 39.9 Å². The number of hydrogen-bond donors (Lipinski definition) is 1. The van der Waals surface area contributed by atoms with Crippen molar-refractivity contribution in [1.82, 2.24) is 20.0 Å². The summed E-state index contributed by atoms with van der Waals surface area (Å²) in [7, 11) is 1.91. The SMILES string of the molecule is Cc1nn(C)c(Cl)c1CN1CC2CNCC2C1(C)C. The van der Waals surface area contributed by atoms with Crippen LogP contribution < -0.4 is 5.32 Å². The zero-order valence-electron chi connectivity index (χ0n) is 12.2. The summed E-state index contributed by atoms with van der Waals surface area (Å²) in [5.74, 6) is 1.54. The van der Waals surface area contributed by atoms with Crippen molar-refractivity contribution in [2.24, 2.45) is 18.9 Å². The molecule has 0 spiro atoms. The Bertz CT molecular complexity index is 494. The van der Waals surface area contributed by atoms with Crippen molar-refractivity contribution in [3.05, 3.63) is 16.4 Å². The number of aryl methyl sites for hydroxylation is 2. The molecule has 0 aromatic carbocycles. The summed E-state index contributed by atoms with van der Waals surface area (Å²) in [6.45, 7) is 11.2. The number of aromatic nitrogens is 2. The molecule has 0 aliphatic carbocycles. The van der Waals surface area contributed by atoms with Crippen molar-refractivity contribution < 1.29 is 0 Å². The van der Waals surface area contributed by atoms with Crippen LogP contribution >= 0.6 is 11.6 Å². The Hall–Kier alpha value is -0.580. The normalized spacial score (nSPS) is 29.9. The fourth-order valence-corrected chi connectivity index (χ4v) is 4.05. The van der Waals surface area contributed by atoms with Gasteiger partial charge in [0.25, 0.3) is 0 Å². The van der Waals surface area contributed by atoms with E-state index in [1.165, 1.54) is 5.56 Å². The van der Waals surface area contributed by atoms with E-state index in [-0.39, 0.29) is 5.54 Å². The number of nitrogens with zero attached hydrogens (tertiary/aromatic N) is 3. The largest absolute Gasteiger partial charge is 0.316 e. The van der Waals surface area contributed by atoms with Crippen LogP contribution in [0.15, 0.2) is 0 Å². The molecule has 106 valence electrons. The summed E-state index contributed by atoms with van der Waals surface area (Å²) in [4.78, 5) is 2.58. The molecule has 19 heavy (non-hydrogen) atoms. The van der Waals surface area contributed by atoms with Gasteiger partial charge in [-0.2, -0.15) is 5.10 Å². The second kappa shape index (κ2) is 4.47. The second-order valence-electron chi connectivity index (χ2n) is 6.54. The number of likely N-dealkylation sites (tertiary alicyclic amines) is 1. The first-order valence-electron chi connectivity index (χ1n) is 7.05. The van der Waals surface area contributed by atoms with Gasteiger partial charge in [-0.05, 0) is 39.2 Å². The Labute approximate surface area is 120 Å². The molecule has 2 atom stereocenters. The molecule has 5 heteroatoms. The number of nitrogens with one attached hydrogen (secondary N) is 1. The zero-order chi connectivity index (χ0) is 13.8. The predicted molar refractivity (Wildman–Crippen MR) is 77.3 cm³/mol. The molecule has 3 heterocycles. The van der Waals surface area contributed by atoms with Crippen LogP contribution in [-0.2, 0) is 13.6 Å². The summed E-state index contributed by atoms with van der Waals surface area (Å²) < 4.78 is 1.78. The third kappa shape index (κ3) is 2.01.